The van der Waals surface area contributed by atoms with Crippen molar-refractivity contribution in [3.05, 3.63) is 29.3 Å². The number of rotatable bonds is 3. The van der Waals surface area contributed by atoms with Crippen LogP contribution < -0.4 is 10.1 Å². The van der Waals surface area contributed by atoms with Gasteiger partial charge in [0.2, 0.25) is 5.91 Å². The molecule has 0 radical (unpaired) electrons. The molecule has 0 atom stereocenters. The molecule has 1 fully saturated rings. The van der Waals surface area contributed by atoms with Crippen LogP contribution in [-0.4, -0.2) is 43.0 Å². The molecule has 5 heteroatoms. The van der Waals surface area contributed by atoms with E-state index in [1.54, 1.807) is 0 Å². The van der Waals surface area contributed by atoms with Crippen LogP contribution in [0, 0.1) is 0 Å². The fraction of sp³-hybridized carbons (Fsp3) is 0.467. The predicted molar refractivity (Wildman–Crippen MR) is 73.6 cm³/mol. The van der Waals surface area contributed by atoms with Crippen molar-refractivity contribution in [3.8, 4) is 5.75 Å². The first-order valence-electron chi connectivity index (χ1n) is 7.01. The zero-order chi connectivity index (χ0) is 13.9. The first-order chi connectivity index (χ1) is 9.72. The molecule has 1 N–H and O–H groups in total. The third-order valence-corrected chi connectivity index (χ3v) is 3.82. The van der Waals surface area contributed by atoms with E-state index in [2.05, 4.69) is 11.4 Å². The standard InChI is InChI=1S/C15H18N2O3/c18-14-9-17(7-6-16-14)15(19)10-20-13-5-4-11-2-1-3-12(11)8-13/h4-5,8H,1-3,6-7,9-10H2,(H,16,18). The fourth-order valence-corrected chi connectivity index (χ4v) is 2.73. The predicted octanol–water partition coefficient (Wildman–Crippen LogP) is 0.513. The average molecular weight is 274 g/mol. The molecule has 0 spiro atoms. The third-order valence-electron chi connectivity index (χ3n) is 3.82. The Bertz CT molecular complexity index is 542. The second-order valence-corrected chi connectivity index (χ2v) is 5.24. The molecule has 5 nitrogen and oxygen atoms in total. The van der Waals surface area contributed by atoms with Gasteiger partial charge >= 0.3 is 0 Å². The molecule has 1 aliphatic carbocycles. The minimum Gasteiger partial charge on any atom is -0.484 e. The first kappa shape index (κ1) is 13.0. The number of carbonyl (C=O) groups is 2. The summed E-state index contributed by atoms with van der Waals surface area (Å²) >= 11 is 0. The lowest BCUT2D eigenvalue weighted by molar-refractivity contribution is -0.139. The Balaban J connectivity index is 1.56. The van der Waals surface area contributed by atoms with Gasteiger partial charge in [-0.2, -0.15) is 0 Å². The van der Waals surface area contributed by atoms with E-state index in [0.29, 0.717) is 13.1 Å². The molecule has 1 aliphatic heterocycles. The number of piperazine rings is 1. The van der Waals surface area contributed by atoms with Gasteiger partial charge in [-0.15, -0.1) is 0 Å². The SMILES string of the molecule is O=C1CN(C(=O)COc2ccc3c(c2)CCC3)CCN1. The number of hydrogen-bond acceptors (Lipinski definition) is 3. The summed E-state index contributed by atoms with van der Waals surface area (Å²) in [5.74, 6) is 0.489. The molecule has 2 amide bonds. The molecule has 2 aliphatic rings. The van der Waals surface area contributed by atoms with Gasteiger partial charge < -0.3 is 15.0 Å². The maximum absolute atomic E-state index is 12.0. The summed E-state index contributed by atoms with van der Waals surface area (Å²) in [4.78, 5) is 24.7. The Morgan fingerprint density at radius 1 is 1.30 bits per heavy atom. The summed E-state index contributed by atoms with van der Waals surface area (Å²) in [5, 5.41) is 2.70. The molecular formula is C15H18N2O3. The number of aryl methyl sites for hydroxylation is 2. The highest BCUT2D eigenvalue weighted by molar-refractivity contribution is 5.86. The van der Waals surface area contributed by atoms with Crippen molar-refractivity contribution in [1.29, 1.82) is 0 Å². The lowest BCUT2D eigenvalue weighted by atomic mass is 10.1. The molecule has 0 bridgehead atoms. The lowest BCUT2D eigenvalue weighted by Gasteiger charge is -2.26. The molecule has 0 unspecified atom stereocenters. The molecular weight excluding hydrogens is 256 g/mol. The van der Waals surface area contributed by atoms with Gasteiger partial charge in [-0.05, 0) is 42.5 Å². The summed E-state index contributed by atoms with van der Waals surface area (Å²) in [6, 6.07) is 6.02. The summed E-state index contributed by atoms with van der Waals surface area (Å²) in [7, 11) is 0. The van der Waals surface area contributed by atoms with Crippen molar-refractivity contribution in [1.82, 2.24) is 10.2 Å². The fourth-order valence-electron chi connectivity index (χ4n) is 2.73. The van der Waals surface area contributed by atoms with E-state index in [1.807, 2.05) is 12.1 Å². The molecule has 0 aromatic heterocycles. The highest BCUT2D eigenvalue weighted by atomic mass is 16.5. The van der Waals surface area contributed by atoms with Gasteiger partial charge in [0.25, 0.3) is 5.91 Å². The largest absolute Gasteiger partial charge is 0.484 e. The van der Waals surface area contributed by atoms with E-state index < -0.39 is 0 Å². The number of benzene rings is 1. The number of carbonyl (C=O) groups excluding carboxylic acids is 2. The minimum atomic E-state index is -0.139. The number of fused-ring (bicyclic) bond motifs is 1. The Morgan fingerprint density at radius 2 is 2.15 bits per heavy atom. The number of nitrogens with zero attached hydrogens (tertiary/aromatic N) is 1. The molecule has 1 saturated heterocycles. The highest BCUT2D eigenvalue weighted by Gasteiger charge is 2.21. The number of nitrogens with one attached hydrogen (secondary N) is 1. The Hall–Kier alpha value is -2.04. The van der Waals surface area contributed by atoms with E-state index in [1.165, 1.54) is 22.4 Å². The molecule has 1 aromatic carbocycles. The second-order valence-electron chi connectivity index (χ2n) is 5.24. The van der Waals surface area contributed by atoms with Crippen molar-refractivity contribution in [2.45, 2.75) is 19.3 Å². The lowest BCUT2D eigenvalue weighted by Crippen LogP contribution is -2.51. The monoisotopic (exact) mass is 274 g/mol. The molecule has 1 heterocycles. The van der Waals surface area contributed by atoms with Gasteiger partial charge in [0, 0.05) is 13.1 Å². The van der Waals surface area contributed by atoms with Crippen LogP contribution in [0.3, 0.4) is 0 Å². The first-order valence-corrected chi connectivity index (χ1v) is 7.01. The van der Waals surface area contributed by atoms with Crippen LogP contribution in [0.5, 0.6) is 5.75 Å². The van der Waals surface area contributed by atoms with E-state index in [9.17, 15) is 9.59 Å². The van der Waals surface area contributed by atoms with E-state index >= 15 is 0 Å². The van der Waals surface area contributed by atoms with Crippen LogP contribution >= 0.6 is 0 Å². The van der Waals surface area contributed by atoms with Gasteiger partial charge in [0.05, 0.1) is 6.54 Å². The van der Waals surface area contributed by atoms with Gasteiger partial charge in [0.15, 0.2) is 6.61 Å². The van der Waals surface area contributed by atoms with Crippen LogP contribution in [0.4, 0.5) is 0 Å². The van der Waals surface area contributed by atoms with Crippen LogP contribution in [0.15, 0.2) is 18.2 Å². The summed E-state index contributed by atoms with van der Waals surface area (Å²) in [6.07, 6.45) is 3.42. The van der Waals surface area contributed by atoms with E-state index in [4.69, 9.17) is 4.74 Å². The maximum atomic E-state index is 12.0. The van der Waals surface area contributed by atoms with Crippen LogP contribution in [0.2, 0.25) is 0 Å². The Kier molecular flexibility index (Phi) is 3.58. The zero-order valence-electron chi connectivity index (χ0n) is 11.4. The quantitative estimate of drug-likeness (QED) is 0.874. The average Bonchev–Trinajstić information content (AvgIpc) is 2.92. The number of hydrogen-bond donors (Lipinski definition) is 1. The smallest absolute Gasteiger partial charge is 0.261 e. The zero-order valence-corrected chi connectivity index (χ0v) is 11.4. The molecule has 0 saturated carbocycles. The van der Waals surface area contributed by atoms with Gasteiger partial charge in [-0.3, -0.25) is 9.59 Å². The second kappa shape index (κ2) is 5.53. The van der Waals surface area contributed by atoms with Crippen molar-refractivity contribution in [3.63, 3.8) is 0 Å². The van der Waals surface area contributed by atoms with E-state index in [0.717, 1.165) is 18.6 Å². The third kappa shape index (κ3) is 2.76. The minimum absolute atomic E-state index is 0.00787. The van der Waals surface area contributed by atoms with Crippen LogP contribution in [0.1, 0.15) is 17.5 Å². The van der Waals surface area contributed by atoms with Crippen molar-refractivity contribution < 1.29 is 14.3 Å². The maximum Gasteiger partial charge on any atom is 0.261 e. The van der Waals surface area contributed by atoms with Crippen LogP contribution in [-0.2, 0) is 22.4 Å². The molecule has 20 heavy (non-hydrogen) atoms. The topological polar surface area (TPSA) is 58.6 Å². The number of amides is 2. The Morgan fingerprint density at radius 3 is 3.00 bits per heavy atom. The van der Waals surface area contributed by atoms with Gasteiger partial charge in [-0.25, -0.2) is 0 Å². The van der Waals surface area contributed by atoms with Gasteiger partial charge in [-0.1, -0.05) is 6.07 Å². The normalized spacial score (nSPS) is 17.6. The van der Waals surface area contributed by atoms with Crippen molar-refractivity contribution in [2.24, 2.45) is 0 Å². The summed E-state index contributed by atoms with van der Waals surface area (Å²) in [5.41, 5.74) is 2.71. The van der Waals surface area contributed by atoms with Crippen LogP contribution in [0.25, 0.3) is 0 Å². The van der Waals surface area contributed by atoms with Crippen molar-refractivity contribution >= 4 is 11.8 Å². The highest BCUT2D eigenvalue weighted by Crippen LogP contribution is 2.25. The van der Waals surface area contributed by atoms with E-state index in [-0.39, 0.29) is 25.0 Å². The Labute approximate surface area is 117 Å². The summed E-state index contributed by atoms with van der Waals surface area (Å²) < 4.78 is 5.56. The van der Waals surface area contributed by atoms with Gasteiger partial charge in [0.1, 0.15) is 5.75 Å². The molecule has 3 rings (SSSR count). The molecule has 1 aromatic rings. The summed E-state index contributed by atoms with van der Waals surface area (Å²) in [6.45, 7) is 1.19. The number of ether oxygens (including phenoxy) is 1. The molecule has 106 valence electrons. The van der Waals surface area contributed by atoms with Crippen molar-refractivity contribution in [2.75, 3.05) is 26.2 Å².